The Kier molecular flexibility index (Phi) is 5.05. The Hall–Kier alpha value is -0.810. The van der Waals surface area contributed by atoms with E-state index in [2.05, 4.69) is 22.5 Å². The molecular weight excluding hydrogens is 285 g/mol. The van der Waals surface area contributed by atoms with E-state index in [1.54, 1.807) is 18.2 Å². The van der Waals surface area contributed by atoms with Gasteiger partial charge in [0.2, 0.25) is 5.91 Å². The maximum Gasteiger partial charge on any atom is 0.238 e. The normalized spacial score (nSPS) is 20.3. The summed E-state index contributed by atoms with van der Waals surface area (Å²) >= 11 is 12.0. The van der Waals surface area contributed by atoms with E-state index in [0.29, 0.717) is 28.3 Å². The number of hydrogen-bond donors (Lipinski definition) is 2. The minimum atomic E-state index is -0.0937. The molecule has 0 saturated carbocycles. The molecule has 6 heteroatoms. The minimum Gasteiger partial charge on any atom is -0.322 e. The zero-order valence-corrected chi connectivity index (χ0v) is 12.3. The number of nitrogens with one attached hydrogen (secondary N) is 2. The average Bonchev–Trinajstić information content (AvgIpc) is 2.37. The van der Waals surface area contributed by atoms with Crippen molar-refractivity contribution in [3.8, 4) is 0 Å². The topological polar surface area (TPSA) is 44.4 Å². The van der Waals surface area contributed by atoms with Crippen LogP contribution in [0.15, 0.2) is 18.2 Å². The first-order valence-corrected chi connectivity index (χ1v) is 7.02. The van der Waals surface area contributed by atoms with Crippen molar-refractivity contribution in [3.63, 3.8) is 0 Å². The van der Waals surface area contributed by atoms with Crippen molar-refractivity contribution in [1.29, 1.82) is 0 Å². The van der Waals surface area contributed by atoms with Crippen molar-refractivity contribution in [2.75, 3.05) is 31.5 Å². The number of carbonyl (C=O) groups excluding carboxylic acids is 1. The van der Waals surface area contributed by atoms with Gasteiger partial charge in [0.1, 0.15) is 0 Å². The van der Waals surface area contributed by atoms with E-state index in [4.69, 9.17) is 23.2 Å². The van der Waals surface area contributed by atoms with Crippen molar-refractivity contribution >= 4 is 34.8 Å². The molecule has 1 heterocycles. The molecule has 1 fully saturated rings. The molecule has 0 aliphatic carbocycles. The van der Waals surface area contributed by atoms with Crippen LogP contribution in [0, 0.1) is 0 Å². The molecule has 19 heavy (non-hydrogen) atoms. The highest BCUT2D eigenvalue weighted by atomic mass is 35.5. The summed E-state index contributed by atoms with van der Waals surface area (Å²) < 4.78 is 0. The van der Waals surface area contributed by atoms with Gasteiger partial charge < -0.3 is 10.6 Å². The van der Waals surface area contributed by atoms with Crippen LogP contribution in [0.3, 0.4) is 0 Å². The summed E-state index contributed by atoms with van der Waals surface area (Å²) in [4.78, 5) is 14.2. The lowest BCUT2D eigenvalue weighted by atomic mass is 10.2. The standard InChI is InChI=1S/C13H17Cl2N3O/c1-9-7-16-5-6-18(9)8-12(19)17-13-10(14)3-2-4-11(13)15/h2-4,9,16H,5-8H2,1H3,(H,17,19). The molecule has 0 aromatic heterocycles. The highest BCUT2D eigenvalue weighted by molar-refractivity contribution is 6.39. The number of anilines is 1. The molecule has 1 aromatic carbocycles. The van der Waals surface area contributed by atoms with Crippen LogP contribution in [-0.4, -0.2) is 43.0 Å². The van der Waals surface area contributed by atoms with Gasteiger partial charge in [0, 0.05) is 25.7 Å². The quantitative estimate of drug-likeness (QED) is 0.900. The molecule has 1 amide bonds. The van der Waals surface area contributed by atoms with Gasteiger partial charge in [0.15, 0.2) is 0 Å². The van der Waals surface area contributed by atoms with E-state index in [-0.39, 0.29) is 5.91 Å². The number of amides is 1. The van der Waals surface area contributed by atoms with E-state index < -0.39 is 0 Å². The Morgan fingerprint density at radius 2 is 2.16 bits per heavy atom. The van der Waals surface area contributed by atoms with Crippen LogP contribution in [0.4, 0.5) is 5.69 Å². The molecule has 1 unspecified atom stereocenters. The molecule has 1 aliphatic rings. The highest BCUT2D eigenvalue weighted by Gasteiger charge is 2.20. The smallest absolute Gasteiger partial charge is 0.238 e. The highest BCUT2D eigenvalue weighted by Crippen LogP contribution is 2.29. The first kappa shape index (κ1) is 14.6. The molecule has 1 aromatic rings. The number of hydrogen-bond acceptors (Lipinski definition) is 3. The monoisotopic (exact) mass is 301 g/mol. The fourth-order valence-electron chi connectivity index (χ4n) is 2.10. The maximum absolute atomic E-state index is 12.0. The van der Waals surface area contributed by atoms with Crippen molar-refractivity contribution in [1.82, 2.24) is 10.2 Å². The van der Waals surface area contributed by atoms with Crippen LogP contribution in [0.5, 0.6) is 0 Å². The number of halogens is 2. The van der Waals surface area contributed by atoms with Gasteiger partial charge in [-0.2, -0.15) is 0 Å². The number of para-hydroxylation sites is 1. The van der Waals surface area contributed by atoms with Gasteiger partial charge in [-0.1, -0.05) is 29.3 Å². The van der Waals surface area contributed by atoms with Crippen LogP contribution in [0.1, 0.15) is 6.92 Å². The van der Waals surface area contributed by atoms with Crippen LogP contribution in [0.2, 0.25) is 10.0 Å². The van der Waals surface area contributed by atoms with Crippen LogP contribution >= 0.6 is 23.2 Å². The summed E-state index contributed by atoms with van der Waals surface area (Å²) in [6.45, 7) is 5.13. The average molecular weight is 302 g/mol. The summed E-state index contributed by atoms with van der Waals surface area (Å²) in [7, 11) is 0. The van der Waals surface area contributed by atoms with Crippen molar-refractivity contribution in [2.45, 2.75) is 13.0 Å². The van der Waals surface area contributed by atoms with E-state index in [1.807, 2.05) is 0 Å². The molecule has 0 radical (unpaired) electrons. The van der Waals surface area contributed by atoms with Gasteiger partial charge in [-0.3, -0.25) is 9.69 Å². The Balaban J connectivity index is 1.97. The molecule has 1 atom stereocenters. The second-order valence-corrected chi connectivity index (χ2v) is 5.48. The first-order chi connectivity index (χ1) is 9.08. The molecule has 104 valence electrons. The number of rotatable bonds is 3. The molecule has 1 saturated heterocycles. The fraction of sp³-hybridized carbons (Fsp3) is 0.462. The molecule has 1 aliphatic heterocycles. The van der Waals surface area contributed by atoms with Crippen molar-refractivity contribution in [3.05, 3.63) is 28.2 Å². The third kappa shape index (κ3) is 3.83. The molecule has 2 N–H and O–H groups in total. The number of carbonyl (C=O) groups is 1. The summed E-state index contributed by atoms with van der Waals surface area (Å²) in [5, 5.41) is 6.98. The zero-order valence-electron chi connectivity index (χ0n) is 10.7. The second kappa shape index (κ2) is 6.57. The molecule has 4 nitrogen and oxygen atoms in total. The number of benzene rings is 1. The van der Waals surface area contributed by atoms with Gasteiger partial charge in [-0.25, -0.2) is 0 Å². The third-order valence-corrected chi connectivity index (χ3v) is 3.84. The van der Waals surface area contributed by atoms with Gasteiger partial charge in [0.05, 0.1) is 22.3 Å². The predicted octanol–water partition coefficient (Wildman–Crippen LogP) is 2.23. The zero-order chi connectivity index (χ0) is 13.8. The Bertz CT molecular complexity index is 447. The Morgan fingerprint density at radius 1 is 1.47 bits per heavy atom. The largest absolute Gasteiger partial charge is 0.322 e. The van der Waals surface area contributed by atoms with Gasteiger partial charge in [0.25, 0.3) is 0 Å². The Morgan fingerprint density at radius 3 is 2.79 bits per heavy atom. The Labute approximate surface area is 123 Å². The number of piperazine rings is 1. The lowest BCUT2D eigenvalue weighted by Gasteiger charge is -2.33. The van der Waals surface area contributed by atoms with Gasteiger partial charge in [-0.05, 0) is 19.1 Å². The molecule has 0 bridgehead atoms. The maximum atomic E-state index is 12.0. The molecular formula is C13H17Cl2N3O. The van der Waals surface area contributed by atoms with E-state index in [0.717, 1.165) is 19.6 Å². The number of nitrogens with zero attached hydrogens (tertiary/aromatic N) is 1. The third-order valence-electron chi connectivity index (χ3n) is 3.21. The van der Waals surface area contributed by atoms with Crippen molar-refractivity contribution < 1.29 is 4.79 Å². The van der Waals surface area contributed by atoms with Gasteiger partial charge >= 0.3 is 0 Å². The van der Waals surface area contributed by atoms with E-state index in [1.165, 1.54) is 0 Å². The minimum absolute atomic E-state index is 0.0937. The predicted molar refractivity (Wildman–Crippen MR) is 79.0 cm³/mol. The summed E-state index contributed by atoms with van der Waals surface area (Å²) in [5.74, 6) is -0.0937. The SMILES string of the molecule is CC1CNCCN1CC(=O)Nc1c(Cl)cccc1Cl. The summed E-state index contributed by atoms with van der Waals surface area (Å²) in [5.41, 5.74) is 0.485. The van der Waals surface area contributed by atoms with Crippen molar-refractivity contribution in [2.24, 2.45) is 0 Å². The fourth-order valence-corrected chi connectivity index (χ4v) is 2.59. The lowest BCUT2D eigenvalue weighted by Crippen LogP contribution is -2.52. The molecule has 0 spiro atoms. The second-order valence-electron chi connectivity index (χ2n) is 4.67. The van der Waals surface area contributed by atoms with Gasteiger partial charge in [-0.15, -0.1) is 0 Å². The lowest BCUT2D eigenvalue weighted by molar-refractivity contribution is -0.118. The summed E-state index contributed by atoms with van der Waals surface area (Å²) in [6, 6.07) is 5.51. The van der Waals surface area contributed by atoms with E-state index in [9.17, 15) is 4.79 Å². The van der Waals surface area contributed by atoms with Crippen LogP contribution in [0.25, 0.3) is 0 Å². The van der Waals surface area contributed by atoms with Crippen LogP contribution in [-0.2, 0) is 4.79 Å². The first-order valence-electron chi connectivity index (χ1n) is 6.26. The van der Waals surface area contributed by atoms with Crippen LogP contribution < -0.4 is 10.6 Å². The molecule has 2 rings (SSSR count). The summed E-state index contributed by atoms with van der Waals surface area (Å²) in [6.07, 6.45) is 0. The van der Waals surface area contributed by atoms with E-state index >= 15 is 0 Å².